The summed E-state index contributed by atoms with van der Waals surface area (Å²) in [4.78, 5) is 45.7. The summed E-state index contributed by atoms with van der Waals surface area (Å²) in [6, 6.07) is 8.69. The number of halogens is 3. The molecule has 0 spiro atoms. The molecule has 3 amide bonds. The highest BCUT2D eigenvalue weighted by Crippen LogP contribution is 2.41. The van der Waals surface area contributed by atoms with Gasteiger partial charge in [-0.05, 0) is 48.6 Å². The maximum Gasteiger partial charge on any atom is 0.431 e. The van der Waals surface area contributed by atoms with Gasteiger partial charge in [0.1, 0.15) is 17.4 Å². The van der Waals surface area contributed by atoms with Crippen molar-refractivity contribution in [3.05, 3.63) is 71.3 Å². The third-order valence-corrected chi connectivity index (χ3v) is 8.18. The van der Waals surface area contributed by atoms with Crippen molar-refractivity contribution in [1.82, 2.24) is 29.5 Å². The fourth-order valence-corrected chi connectivity index (χ4v) is 6.29. The van der Waals surface area contributed by atoms with Crippen LogP contribution in [0, 0.1) is 0 Å². The fourth-order valence-electron chi connectivity index (χ4n) is 6.29. The average Bonchev–Trinajstić information content (AvgIpc) is 3.59. The summed E-state index contributed by atoms with van der Waals surface area (Å²) >= 11 is 0. The molecule has 1 atom stereocenters. The predicted octanol–water partition coefficient (Wildman–Crippen LogP) is 3.36. The zero-order valence-corrected chi connectivity index (χ0v) is 21.8. The quantitative estimate of drug-likeness (QED) is 0.373. The van der Waals surface area contributed by atoms with Crippen LogP contribution in [0.15, 0.2) is 48.8 Å². The Morgan fingerprint density at radius 2 is 1.78 bits per heavy atom. The molecule has 0 saturated carbocycles. The first-order chi connectivity index (χ1) is 19.7. The maximum atomic E-state index is 14.5. The summed E-state index contributed by atoms with van der Waals surface area (Å²) in [5.41, 5.74) is 1.06. The van der Waals surface area contributed by atoms with E-state index in [4.69, 9.17) is 0 Å². The molecule has 12 heteroatoms. The van der Waals surface area contributed by atoms with Crippen LogP contribution >= 0.6 is 0 Å². The highest BCUT2D eigenvalue weighted by molar-refractivity contribution is 6.49. The number of aromatic nitrogens is 3. The van der Waals surface area contributed by atoms with Gasteiger partial charge in [-0.25, -0.2) is 4.98 Å². The second kappa shape index (κ2) is 9.30. The molecule has 0 aliphatic carbocycles. The van der Waals surface area contributed by atoms with E-state index in [-0.39, 0.29) is 46.6 Å². The Hall–Kier alpha value is -4.45. The van der Waals surface area contributed by atoms with Gasteiger partial charge in [0.2, 0.25) is 5.91 Å². The van der Waals surface area contributed by atoms with Gasteiger partial charge in [-0.3, -0.25) is 24.1 Å². The summed E-state index contributed by atoms with van der Waals surface area (Å²) in [7, 11) is 0. The molecule has 0 bridgehead atoms. The van der Waals surface area contributed by atoms with Crippen molar-refractivity contribution < 1.29 is 27.6 Å². The summed E-state index contributed by atoms with van der Waals surface area (Å²) in [5, 5.41) is 5.67. The van der Waals surface area contributed by atoms with Crippen molar-refractivity contribution in [1.29, 1.82) is 0 Å². The Labute approximate surface area is 231 Å². The Bertz CT molecular complexity index is 1790. The highest BCUT2D eigenvalue weighted by atomic mass is 19.4. The van der Waals surface area contributed by atoms with Crippen LogP contribution in [0.1, 0.15) is 41.8 Å². The summed E-state index contributed by atoms with van der Waals surface area (Å²) in [6.45, 7) is 1.14. The number of fused-ring (bicyclic) bond motifs is 1. The average molecular weight is 563 g/mol. The second-order valence-electron chi connectivity index (χ2n) is 10.6. The Morgan fingerprint density at radius 3 is 2.56 bits per heavy atom. The summed E-state index contributed by atoms with van der Waals surface area (Å²) < 4.78 is 46.2. The molecule has 4 aromatic rings. The molecule has 6 heterocycles. The number of likely N-dealkylation sites (tertiary alicyclic amines) is 1. The molecule has 2 N–H and O–H groups in total. The minimum absolute atomic E-state index is 0.0174. The number of nitrogens with one attached hydrogen (secondary N) is 2. The van der Waals surface area contributed by atoms with E-state index in [0.717, 1.165) is 29.9 Å². The van der Waals surface area contributed by atoms with E-state index >= 15 is 0 Å². The first-order valence-electron chi connectivity index (χ1n) is 13.5. The number of hydrogen-bond donors (Lipinski definition) is 2. The lowest BCUT2D eigenvalue weighted by atomic mass is 9.95. The number of alkyl halides is 3. The lowest BCUT2D eigenvalue weighted by molar-refractivity contribution is -0.144. The van der Waals surface area contributed by atoms with Crippen molar-refractivity contribution >= 4 is 45.4 Å². The zero-order chi connectivity index (χ0) is 28.5. The molecule has 3 aliphatic heterocycles. The van der Waals surface area contributed by atoms with Gasteiger partial charge in [0.05, 0.1) is 28.6 Å². The molecule has 9 nitrogen and oxygen atoms in total. The number of nitrogens with zero attached hydrogens (tertiary/aromatic N) is 4. The number of pyridine rings is 1. The van der Waals surface area contributed by atoms with E-state index in [1.54, 1.807) is 45.8 Å². The van der Waals surface area contributed by atoms with Crippen LogP contribution in [-0.2, 0) is 33.6 Å². The van der Waals surface area contributed by atoms with E-state index in [0.29, 0.717) is 30.0 Å². The molecule has 0 radical (unpaired) electrons. The minimum Gasteiger partial charge on any atom is -0.341 e. The topological polar surface area (TPSA) is 101 Å². The van der Waals surface area contributed by atoms with Crippen LogP contribution in [-0.4, -0.2) is 55.7 Å². The van der Waals surface area contributed by atoms with Gasteiger partial charge >= 0.3 is 6.18 Å². The maximum absolute atomic E-state index is 14.5. The van der Waals surface area contributed by atoms with Crippen LogP contribution in [0.5, 0.6) is 0 Å². The summed E-state index contributed by atoms with van der Waals surface area (Å²) in [6.07, 6.45) is 1.21. The van der Waals surface area contributed by atoms with E-state index in [1.165, 1.54) is 6.20 Å². The molecule has 1 fully saturated rings. The van der Waals surface area contributed by atoms with Gasteiger partial charge in [-0.15, -0.1) is 0 Å². The molecular weight excluding hydrogens is 537 g/mol. The van der Waals surface area contributed by atoms with Gasteiger partial charge in [0, 0.05) is 37.8 Å². The third kappa shape index (κ3) is 4.04. The number of rotatable bonds is 3. The van der Waals surface area contributed by atoms with E-state index in [1.807, 2.05) is 0 Å². The molecule has 41 heavy (non-hydrogen) atoms. The lowest BCUT2D eigenvalue weighted by Gasteiger charge is -2.30. The molecule has 210 valence electrons. The highest BCUT2D eigenvalue weighted by Gasteiger charge is 2.41. The Kier molecular flexibility index (Phi) is 5.79. The van der Waals surface area contributed by atoms with E-state index < -0.39 is 29.7 Å². The van der Waals surface area contributed by atoms with E-state index in [2.05, 4.69) is 15.6 Å². The SMILES string of the molecule is O=C1NC(=O)C(c2cnc3ccccn23)=C1c1ccc2c3c1cc(C(F)(F)F)n3CC(C(=O)N1CCCCC1)NC2. The first kappa shape index (κ1) is 25.5. The molecular formula is C29H25F3N6O3. The smallest absolute Gasteiger partial charge is 0.341 e. The van der Waals surface area contributed by atoms with E-state index in [9.17, 15) is 27.6 Å². The lowest BCUT2D eigenvalue weighted by Crippen LogP contribution is -2.49. The molecule has 1 saturated heterocycles. The standard InChI is InChI=1S/C29H25F3N6O3/c30-29(31,32)21-12-18-17(23-24(27(40)35-26(23)39)20-14-34-22-6-2-5-11-37(20)22)8-7-16-13-33-19(15-38(21)25(16)18)28(41)36-9-3-1-4-10-36/h2,5-8,11-12,14,19,33H,1,3-4,9-10,13,15H2,(H,35,39,40). The van der Waals surface area contributed by atoms with Crippen molar-refractivity contribution in [2.45, 2.75) is 44.6 Å². The van der Waals surface area contributed by atoms with Gasteiger partial charge in [0.15, 0.2) is 0 Å². The minimum atomic E-state index is -4.72. The van der Waals surface area contributed by atoms with Crippen LogP contribution < -0.4 is 10.6 Å². The van der Waals surface area contributed by atoms with Gasteiger partial charge in [-0.1, -0.05) is 18.2 Å². The number of hydrogen-bond acceptors (Lipinski definition) is 5. The molecule has 1 unspecified atom stereocenters. The number of piperidine rings is 1. The van der Waals surface area contributed by atoms with Crippen LogP contribution in [0.2, 0.25) is 0 Å². The second-order valence-corrected chi connectivity index (χ2v) is 10.6. The summed E-state index contributed by atoms with van der Waals surface area (Å²) in [5.74, 6) is -1.56. The van der Waals surface area contributed by atoms with Gasteiger partial charge in [-0.2, -0.15) is 13.2 Å². The predicted molar refractivity (Wildman–Crippen MR) is 143 cm³/mol. The molecule has 3 aromatic heterocycles. The van der Waals surface area contributed by atoms with Crippen LogP contribution in [0.3, 0.4) is 0 Å². The number of benzene rings is 1. The third-order valence-electron chi connectivity index (χ3n) is 8.18. The number of imidazole rings is 1. The first-order valence-corrected chi connectivity index (χ1v) is 13.5. The molecule has 1 aromatic carbocycles. The number of amides is 3. The van der Waals surface area contributed by atoms with Crippen LogP contribution in [0.25, 0.3) is 27.7 Å². The van der Waals surface area contributed by atoms with Crippen molar-refractivity contribution in [2.75, 3.05) is 13.1 Å². The number of carbonyl (C=O) groups excluding carboxylic acids is 3. The number of carbonyl (C=O) groups is 3. The van der Waals surface area contributed by atoms with Crippen molar-refractivity contribution in [3.8, 4) is 0 Å². The normalized spacial score (nSPS) is 19.8. The monoisotopic (exact) mass is 562 g/mol. The number of imide groups is 1. The van der Waals surface area contributed by atoms with Crippen molar-refractivity contribution in [3.63, 3.8) is 0 Å². The van der Waals surface area contributed by atoms with Gasteiger partial charge in [0.25, 0.3) is 11.8 Å². The van der Waals surface area contributed by atoms with Crippen LogP contribution in [0.4, 0.5) is 13.2 Å². The molecule has 3 aliphatic rings. The molecule has 7 rings (SSSR count). The van der Waals surface area contributed by atoms with Gasteiger partial charge < -0.3 is 14.8 Å². The fraction of sp³-hybridized carbons (Fsp3) is 0.310. The largest absolute Gasteiger partial charge is 0.431 e. The Morgan fingerprint density at radius 1 is 1.00 bits per heavy atom. The Balaban J connectivity index is 1.42. The zero-order valence-electron chi connectivity index (χ0n) is 21.8. The van der Waals surface area contributed by atoms with Crippen molar-refractivity contribution in [2.24, 2.45) is 0 Å².